The molecule has 0 aliphatic rings. The van der Waals surface area contributed by atoms with Crippen LogP contribution in [0.25, 0.3) is 11.0 Å². The number of methoxy groups -OCH3 is 2. The first-order valence-electron chi connectivity index (χ1n) is 12.7. The average molecular weight is 543 g/mol. The smallest absolute Gasteiger partial charge is 0.289 e. The standard InChI is InChI=1S/C31H30N2O7/c1-19-27(34)24-14-13-23(39-3)18-26(24)40-29(19)31(37)33-25(17-21-7-5-4-6-8-21)28(35)30(36)32-16-15-20-9-11-22(38-2)12-10-20/h4-14,18,25H,15-17H2,1-3H3,(H,32,36)(H,33,37)/t25-/m0/s1. The maximum atomic E-state index is 13.3. The van der Waals surface area contributed by atoms with Crippen LogP contribution in [0.4, 0.5) is 0 Å². The van der Waals surface area contributed by atoms with Gasteiger partial charge in [-0.3, -0.25) is 19.2 Å². The second-order valence-corrected chi connectivity index (χ2v) is 9.18. The van der Waals surface area contributed by atoms with Crippen molar-refractivity contribution in [3.8, 4) is 11.5 Å². The summed E-state index contributed by atoms with van der Waals surface area (Å²) >= 11 is 0. The summed E-state index contributed by atoms with van der Waals surface area (Å²) in [5.74, 6) is -1.48. The minimum atomic E-state index is -1.19. The number of hydrogen-bond donors (Lipinski definition) is 2. The van der Waals surface area contributed by atoms with Gasteiger partial charge >= 0.3 is 0 Å². The van der Waals surface area contributed by atoms with E-state index in [1.54, 1.807) is 43.5 Å². The molecule has 1 aromatic heterocycles. The van der Waals surface area contributed by atoms with Gasteiger partial charge in [0.05, 0.1) is 19.6 Å². The Morgan fingerprint density at radius 1 is 0.875 bits per heavy atom. The number of rotatable bonds is 11. The van der Waals surface area contributed by atoms with Gasteiger partial charge < -0.3 is 24.5 Å². The Labute approximate surface area is 231 Å². The summed E-state index contributed by atoms with van der Waals surface area (Å²) in [6.45, 7) is 1.70. The molecule has 0 saturated carbocycles. The second kappa shape index (κ2) is 12.8. The van der Waals surface area contributed by atoms with E-state index in [1.165, 1.54) is 20.1 Å². The Morgan fingerprint density at radius 3 is 2.23 bits per heavy atom. The van der Waals surface area contributed by atoms with E-state index in [2.05, 4.69) is 10.6 Å². The molecule has 9 nitrogen and oxygen atoms in total. The highest BCUT2D eigenvalue weighted by molar-refractivity contribution is 6.38. The number of carbonyl (C=O) groups excluding carboxylic acids is 3. The topological polar surface area (TPSA) is 124 Å². The molecular formula is C31H30N2O7. The normalized spacial score (nSPS) is 11.5. The van der Waals surface area contributed by atoms with E-state index in [-0.39, 0.29) is 35.3 Å². The Kier molecular flexibility index (Phi) is 8.96. The fourth-order valence-electron chi connectivity index (χ4n) is 4.25. The predicted octanol–water partition coefficient (Wildman–Crippen LogP) is 3.39. The minimum absolute atomic E-state index is 0.0714. The lowest BCUT2D eigenvalue weighted by Gasteiger charge is -2.18. The van der Waals surface area contributed by atoms with E-state index >= 15 is 0 Å². The molecule has 0 saturated heterocycles. The Balaban J connectivity index is 1.53. The number of benzene rings is 3. The first-order chi connectivity index (χ1) is 19.3. The fourth-order valence-corrected chi connectivity index (χ4v) is 4.25. The van der Waals surface area contributed by atoms with Crippen LogP contribution in [0.2, 0.25) is 0 Å². The first-order valence-corrected chi connectivity index (χ1v) is 12.7. The van der Waals surface area contributed by atoms with Crippen molar-refractivity contribution in [1.29, 1.82) is 0 Å². The van der Waals surface area contributed by atoms with E-state index in [1.807, 2.05) is 30.3 Å². The number of fused-ring (bicyclic) bond motifs is 1. The molecule has 1 heterocycles. The molecule has 4 rings (SSSR count). The zero-order valence-corrected chi connectivity index (χ0v) is 22.5. The average Bonchev–Trinajstić information content (AvgIpc) is 2.98. The van der Waals surface area contributed by atoms with Crippen LogP contribution in [-0.2, 0) is 22.4 Å². The number of nitrogens with one attached hydrogen (secondary N) is 2. The molecule has 0 aliphatic carbocycles. The van der Waals surface area contributed by atoms with E-state index in [0.29, 0.717) is 17.6 Å². The van der Waals surface area contributed by atoms with Gasteiger partial charge in [-0.05, 0) is 48.7 Å². The number of hydrogen-bond acceptors (Lipinski definition) is 7. The van der Waals surface area contributed by atoms with Crippen LogP contribution < -0.4 is 25.5 Å². The zero-order valence-electron chi connectivity index (χ0n) is 22.5. The van der Waals surface area contributed by atoms with Crippen molar-refractivity contribution < 1.29 is 28.3 Å². The highest BCUT2D eigenvalue weighted by Crippen LogP contribution is 2.21. The van der Waals surface area contributed by atoms with Crippen molar-refractivity contribution in [2.75, 3.05) is 20.8 Å². The Bertz CT molecular complexity index is 1580. The van der Waals surface area contributed by atoms with Crippen molar-refractivity contribution >= 4 is 28.6 Å². The largest absolute Gasteiger partial charge is 0.497 e. The number of Topliss-reactive ketones (excluding diaryl/α,β-unsaturated/α-hetero) is 1. The molecule has 2 N–H and O–H groups in total. The molecule has 0 aliphatic heterocycles. The maximum absolute atomic E-state index is 13.3. The van der Waals surface area contributed by atoms with Gasteiger partial charge in [0, 0.05) is 24.6 Å². The van der Waals surface area contributed by atoms with Gasteiger partial charge in [-0.25, -0.2) is 0 Å². The van der Waals surface area contributed by atoms with E-state index in [9.17, 15) is 19.2 Å². The van der Waals surface area contributed by atoms with Gasteiger partial charge in [0.2, 0.25) is 5.78 Å². The lowest BCUT2D eigenvalue weighted by atomic mass is 10.0. The fraction of sp³-hybridized carbons (Fsp3) is 0.226. The predicted molar refractivity (Wildman–Crippen MR) is 150 cm³/mol. The van der Waals surface area contributed by atoms with Gasteiger partial charge in [0.1, 0.15) is 23.1 Å². The third kappa shape index (κ3) is 6.55. The van der Waals surface area contributed by atoms with Crippen molar-refractivity contribution in [2.45, 2.75) is 25.8 Å². The molecule has 3 aromatic carbocycles. The van der Waals surface area contributed by atoms with Gasteiger partial charge in [-0.2, -0.15) is 0 Å². The lowest BCUT2D eigenvalue weighted by molar-refractivity contribution is -0.138. The van der Waals surface area contributed by atoms with Crippen LogP contribution in [0.5, 0.6) is 11.5 Å². The summed E-state index contributed by atoms with van der Waals surface area (Å²) in [5.41, 5.74) is 1.58. The molecule has 0 spiro atoms. The van der Waals surface area contributed by atoms with Gasteiger partial charge in [-0.15, -0.1) is 0 Å². The monoisotopic (exact) mass is 542 g/mol. The molecule has 206 valence electrons. The highest BCUT2D eigenvalue weighted by atomic mass is 16.5. The summed E-state index contributed by atoms with van der Waals surface area (Å²) in [6, 6.07) is 19.9. The summed E-state index contributed by atoms with van der Waals surface area (Å²) in [4.78, 5) is 52.3. The third-order valence-electron chi connectivity index (χ3n) is 6.52. The lowest BCUT2D eigenvalue weighted by Crippen LogP contribution is -2.49. The molecule has 1 atom stereocenters. The van der Waals surface area contributed by atoms with E-state index in [0.717, 1.165) is 16.9 Å². The minimum Gasteiger partial charge on any atom is -0.497 e. The summed E-state index contributed by atoms with van der Waals surface area (Å²) in [6.07, 6.45) is 0.575. The summed E-state index contributed by atoms with van der Waals surface area (Å²) in [7, 11) is 3.06. The van der Waals surface area contributed by atoms with Crippen LogP contribution in [-0.4, -0.2) is 44.4 Å². The van der Waals surface area contributed by atoms with E-state index < -0.39 is 23.6 Å². The maximum Gasteiger partial charge on any atom is 0.289 e. The number of carbonyl (C=O) groups is 3. The van der Waals surface area contributed by atoms with Crippen molar-refractivity contribution in [3.63, 3.8) is 0 Å². The molecule has 0 radical (unpaired) electrons. The van der Waals surface area contributed by atoms with E-state index in [4.69, 9.17) is 13.9 Å². The van der Waals surface area contributed by atoms with Crippen molar-refractivity contribution in [2.24, 2.45) is 0 Å². The third-order valence-corrected chi connectivity index (χ3v) is 6.52. The number of ketones is 1. The van der Waals surface area contributed by atoms with Crippen molar-refractivity contribution in [1.82, 2.24) is 10.6 Å². The first kappa shape index (κ1) is 28.1. The molecule has 0 fully saturated rings. The SMILES string of the molecule is COc1ccc(CCNC(=O)C(=O)[C@H](Cc2ccccc2)NC(=O)c2oc3cc(OC)ccc3c(=O)c2C)cc1. The Morgan fingerprint density at radius 2 is 1.55 bits per heavy atom. The van der Waals surface area contributed by atoms with Gasteiger partial charge in [0.25, 0.3) is 11.8 Å². The highest BCUT2D eigenvalue weighted by Gasteiger charge is 2.29. The second-order valence-electron chi connectivity index (χ2n) is 9.18. The molecule has 2 amide bonds. The van der Waals surface area contributed by atoms with Crippen LogP contribution in [0.3, 0.4) is 0 Å². The van der Waals surface area contributed by atoms with Crippen LogP contribution in [0.1, 0.15) is 27.2 Å². The molecule has 4 aromatic rings. The van der Waals surface area contributed by atoms with Crippen molar-refractivity contribution in [3.05, 3.63) is 105 Å². The van der Waals surface area contributed by atoms with Crippen LogP contribution in [0.15, 0.2) is 82.0 Å². The number of amides is 2. The quantitative estimate of drug-likeness (QED) is 0.279. The Hall–Kier alpha value is -4.92. The molecular weight excluding hydrogens is 512 g/mol. The molecule has 9 heteroatoms. The zero-order chi connectivity index (χ0) is 28.6. The van der Waals surface area contributed by atoms with Gasteiger partial charge in [0.15, 0.2) is 11.2 Å². The van der Waals surface area contributed by atoms with Crippen LogP contribution >= 0.6 is 0 Å². The summed E-state index contributed by atoms with van der Waals surface area (Å²) in [5, 5.41) is 5.55. The number of ether oxygens (including phenoxy) is 2. The van der Waals surface area contributed by atoms with Gasteiger partial charge in [-0.1, -0.05) is 42.5 Å². The summed E-state index contributed by atoms with van der Waals surface area (Å²) < 4.78 is 16.1. The molecule has 0 unspecified atom stereocenters. The van der Waals surface area contributed by atoms with Crippen LogP contribution in [0, 0.1) is 6.92 Å². The molecule has 0 bridgehead atoms. The molecule has 40 heavy (non-hydrogen) atoms.